The highest BCUT2D eigenvalue weighted by Gasteiger charge is 2.06. The summed E-state index contributed by atoms with van der Waals surface area (Å²) in [5.74, 6) is 0. The first kappa shape index (κ1) is 13.2. The number of nitrogens with zero attached hydrogens (tertiary/aromatic N) is 1. The Hall–Kier alpha value is -2.27. The Labute approximate surface area is 114 Å². The summed E-state index contributed by atoms with van der Waals surface area (Å²) in [6.45, 7) is 2.03. The Balaban J connectivity index is 2.15. The lowest BCUT2D eigenvalue weighted by molar-refractivity contribution is 0.818. The Bertz CT molecular complexity index is 555. The van der Waals surface area contributed by atoms with E-state index in [4.69, 9.17) is 5.26 Å². The molecule has 0 radical (unpaired) electrons. The quantitative estimate of drug-likeness (QED) is 0.870. The predicted molar refractivity (Wildman–Crippen MR) is 79.0 cm³/mol. The summed E-state index contributed by atoms with van der Waals surface area (Å²) >= 11 is 0. The maximum atomic E-state index is 8.73. The molecule has 2 rings (SSSR count). The monoisotopic (exact) mass is 250 g/mol. The van der Waals surface area contributed by atoms with E-state index in [1.54, 1.807) is 0 Å². The summed E-state index contributed by atoms with van der Waals surface area (Å²) in [5, 5.41) is 12.1. The SMILES string of the molecule is CC(CC#N)Nc1ccccc1Cc1ccccc1. The first-order chi connectivity index (χ1) is 9.29. The number of hydrogen-bond donors (Lipinski definition) is 1. The molecule has 0 saturated carbocycles. The normalized spacial score (nSPS) is 11.6. The second kappa shape index (κ2) is 6.61. The molecule has 0 aliphatic rings. The van der Waals surface area contributed by atoms with Gasteiger partial charge >= 0.3 is 0 Å². The zero-order chi connectivity index (χ0) is 13.5. The second-order valence-electron chi connectivity index (χ2n) is 4.73. The van der Waals surface area contributed by atoms with Gasteiger partial charge < -0.3 is 5.32 Å². The van der Waals surface area contributed by atoms with Crippen molar-refractivity contribution in [2.24, 2.45) is 0 Å². The summed E-state index contributed by atoms with van der Waals surface area (Å²) < 4.78 is 0. The summed E-state index contributed by atoms with van der Waals surface area (Å²) in [5.41, 5.74) is 3.68. The minimum absolute atomic E-state index is 0.168. The third-order valence-corrected chi connectivity index (χ3v) is 3.05. The molecule has 2 heteroatoms. The largest absolute Gasteiger partial charge is 0.381 e. The van der Waals surface area contributed by atoms with Crippen LogP contribution in [0.15, 0.2) is 54.6 Å². The molecule has 0 heterocycles. The van der Waals surface area contributed by atoms with Crippen molar-refractivity contribution in [3.63, 3.8) is 0 Å². The van der Waals surface area contributed by atoms with Crippen LogP contribution < -0.4 is 5.32 Å². The molecule has 0 saturated heterocycles. The van der Waals surface area contributed by atoms with Gasteiger partial charge in [-0.1, -0.05) is 48.5 Å². The molecule has 2 aromatic carbocycles. The number of nitriles is 1. The van der Waals surface area contributed by atoms with E-state index >= 15 is 0 Å². The van der Waals surface area contributed by atoms with Crippen LogP contribution in [-0.4, -0.2) is 6.04 Å². The maximum absolute atomic E-state index is 8.73. The number of para-hydroxylation sites is 1. The number of anilines is 1. The highest BCUT2D eigenvalue weighted by atomic mass is 14.9. The van der Waals surface area contributed by atoms with Gasteiger partial charge in [0.25, 0.3) is 0 Å². The Kier molecular flexibility index (Phi) is 4.58. The topological polar surface area (TPSA) is 35.8 Å². The lowest BCUT2D eigenvalue weighted by atomic mass is 10.0. The molecule has 0 aliphatic carbocycles. The van der Waals surface area contributed by atoms with E-state index in [9.17, 15) is 0 Å². The van der Waals surface area contributed by atoms with Gasteiger partial charge in [-0.05, 0) is 30.5 Å². The van der Waals surface area contributed by atoms with Gasteiger partial charge in [-0.25, -0.2) is 0 Å². The van der Waals surface area contributed by atoms with Gasteiger partial charge in [0.05, 0.1) is 12.5 Å². The average Bonchev–Trinajstić information content (AvgIpc) is 2.42. The zero-order valence-corrected chi connectivity index (χ0v) is 11.1. The fraction of sp³-hybridized carbons (Fsp3) is 0.235. The van der Waals surface area contributed by atoms with Crippen LogP contribution in [0.2, 0.25) is 0 Å². The van der Waals surface area contributed by atoms with Gasteiger partial charge in [-0.3, -0.25) is 0 Å². The summed E-state index contributed by atoms with van der Waals surface area (Å²) in [6, 6.07) is 21.1. The number of nitrogens with one attached hydrogen (secondary N) is 1. The molecule has 1 unspecified atom stereocenters. The molecule has 0 fully saturated rings. The van der Waals surface area contributed by atoms with E-state index in [1.165, 1.54) is 11.1 Å². The first-order valence-corrected chi connectivity index (χ1v) is 6.55. The molecular weight excluding hydrogens is 232 g/mol. The Morgan fingerprint density at radius 3 is 2.47 bits per heavy atom. The molecule has 0 spiro atoms. The van der Waals surface area contributed by atoms with E-state index in [0.717, 1.165) is 12.1 Å². The molecule has 0 aliphatic heterocycles. The van der Waals surface area contributed by atoms with Crippen molar-refractivity contribution in [3.05, 3.63) is 65.7 Å². The van der Waals surface area contributed by atoms with Crippen molar-refractivity contribution in [2.45, 2.75) is 25.8 Å². The fourth-order valence-corrected chi connectivity index (χ4v) is 2.08. The second-order valence-corrected chi connectivity index (χ2v) is 4.73. The van der Waals surface area contributed by atoms with E-state index < -0.39 is 0 Å². The molecular formula is C17H18N2. The van der Waals surface area contributed by atoms with Crippen molar-refractivity contribution in [3.8, 4) is 6.07 Å². The van der Waals surface area contributed by atoms with Crippen LogP contribution in [0.3, 0.4) is 0 Å². The number of rotatable bonds is 5. The van der Waals surface area contributed by atoms with Gasteiger partial charge in [-0.15, -0.1) is 0 Å². The Morgan fingerprint density at radius 2 is 1.74 bits per heavy atom. The third kappa shape index (κ3) is 3.86. The molecule has 0 aromatic heterocycles. The lowest BCUT2D eigenvalue weighted by Gasteiger charge is -2.16. The van der Waals surface area contributed by atoms with Crippen LogP contribution in [0.5, 0.6) is 0 Å². The van der Waals surface area contributed by atoms with E-state index in [2.05, 4.69) is 53.9 Å². The molecule has 0 bridgehead atoms. The molecule has 1 atom stereocenters. The smallest absolute Gasteiger partial charge is 0.0643 e. The van der Waals surface area contributed by atoms with Crippen molar-refractivity contribution in [2.75, 3.05) is 5.32 Å². The molecule has 19 heavy (non-hydrogen) atoms. The van der Waals surface area contributed by atoms with Gasteiger partial charge in [0.2, 0.25) is 0 Å². The first-order valence-electron chi connectivity index (χ1n) is 6.55. The van der Waals surface area contributed by atoms with E-state index in [1.807, 2.05) is 19.1 Å². The minimum Gasteiger partial charge on any atom is -0.381 e. The van der Waals surface area contributed by atoms with Crippen molar-refractivity contribution < 1.29 is 0 Å². The molecule has 0 amide bonds. The van der Waals surface area contributed by atoms with Crippen molar-refractivity contribution >= 4 is 5.69 Å². The fourth-order valence-electron chi connectivity index (χ4n) is 2.08. The highest BCUT2D eigenvalue weighted by molar-refractivity contribution is 5.53. The molecule has 96 valence electrons. The van der Waals surface area contributed by atoms with Gasteiger partial charge in [-0.2, -0.15) is 5.26 Å². The van der Waals surface area contributed by atoms with Crippen LogP contribution in [0, 0.1) is 11.3 Å². The van der Waals surface area contributed by atoms with Crippen LogP contribution in [0.1, 0.15) is 24.5 Å². The van der Waals surface area contributed by atoms with Gasteiger partial charge in [0.15, 0.2) is 0 Å². The molecule has 2 aromatic rings. The van der Waals surface area contributed by atoms with Crippen LogP contribution in [0.25, 0.3) is 0 Å². The number of benzene rings is 2. The van der Waals surface area contributed by atoms with E-state index in [-0.39, 0.29) is 6.04 Å². The molecule has 1 N–H and O–H groups in total. The van der Waals surface area contributed by atoms with Crippen molar-refractivity contribution in [1.29, 1.82) is 5.26 Å². The third-order valence-electron chi connectivity index (χ3n) is 3.05. The summed E-state index contributed by atoms with van der Waals surface area (Å²) in [4.78, 5) is 0. The summed E-state index contributed by atoms with van der Waals surface area (Å²) in [6.07, 6.45) is 1.42. The average molecular weight is 250 g/mol. The van der Waals surface area contributed by atoms with Crippen LogP contribution in [0.4, 0.5) is 5.69 Å². The van der Waals surface area contributed by atoms with Gasteiger partial charge in [0.1, 0.15) is 0 Å². The van der Waals surface area contributed by atoms with E-state index in [0.29, 0.717) is 6.42 Å². The van der Waals surface area contributed by atoms with Crippen LogP contribution >= 0.6 is 0 Å². The zero-order valence-electron chi connectivity index (χ0n) is 11.1. The predicted octanol–water partition coefficient (Wildman–Crippen LogP) is 3.99. The standard InChI is InChI=1S/C17H18N2/c1-14(11-12-18)19-17-10-6-5-9-16(17)13-15-7-3-2-4-8-15/h2-10,14,19H,11,13H2,1H3. The number of hydrogen-bond acceptors (Lipinski definition) is 2. The minimum atomic E-state index is 0.168. The Morgan fingerprint density at radius 1 is 1.05 bits per heavy atom. The molecule has 2 nitrogen and oxygen atoms in total. The summed E-state index contributed by atoms with van der Waals surface area (Å²) in [7, 11) is 0. The van der Waals surface area contributed by atoms with Crippen molar-refractivity contribution in [1.82, 2.24) is 0 Å². The van der Waals surface area contributed by atoms with Gasteiger partial charge in [0, 0.05) is 11.7 Å². The van der Waals surface area contributed by atoms with Crippen LogP contribution in [-0.2, 0) is 6.42 Å². The highest BCUT2D eigenvalue weighted by Crippen LogP contribution is 2.20. The lowest BCUT2D eigenvalue weighted by Crippen LogP contribution is -2.15. The maximum Gasteiger partial charge on any atom is 0.0643 e.